The van der Waals surface area contributed by atoms with Crippen molar-refractivity contribution in [3.8, 4) is 11.8 Å². The van der Waals surface area contributed by atoms with Gasteiger partial charge < -0.3 is 5.73 Å². The molecule has 3 heteroatoms. The van der Waals surface area contributed by atoms with Crippen LogP contribution >= 0.6 is 15.9 Å². The first-order chi connectivity index (χ1) is 6.25. The predicted octanol–water partition coefficient (Wildman–Crippen LogP) is 2.19. The van der Waals surface area contributed by atoms with Crippen molar-refractivity contribution in [1.29, 1.82) is 0 Å². The molecule has 66 valence electrons. The topological polar surface area (TPSA) is 38.9 Å². The molecule has 0 bridgehead atoms. The number of pyridine rings is 1. The number of hydrogen-bond donors (Lipinski definition) is 1. The van der Waals surface area contributed by atoms with E-state index < -0.39 is 0 Å². The van der Waals surface area contributed by atoms with E-state index in [0.717, 1.165) is 4.60 Å². The molecular formula is C10H9BrN2. The van der Waals surface area contributed by atoms with Crippen molar-refractivity contribution in [1.82, 2.24) is 4.98 Å². The van der Waals surface area contributed by atoms with Crippen LogP contribution in [0.4, 0.5) is 5.69 Å². The molecule has 0 saturated heterocycles. The monoisotopic (exact) mass is 236 g/mol. The normalized spacial score (nSPS) is 14.8. The second-order valence-electron chi connectivity index (χ2n) is 3.12. The molecule has 0 amide bonds. The summed E-state index contributed by atoms with van der Waals surface area (Å²) in [4.78, 5) is 4.19. The van der Waals surface area contributed by atoms with E-state index >= 15 is 0 Å². The van der Waals surface area contributed by atoms with Gasteiger partial charge in [0.25, 0.3) is 0 Å². The van der Waals surface area contributed by atoms with Crippen LogP contribution in [-0.2, 0) is 0 Å². The highest BCUT2D eigenvalue weighted by molar-refractivity contribution is 9.10. The molecule has 0 aliphatic heterocycles. The van der Waals surface area contributed by atoms with Gasteiger partial charge in [0, 0.05) is 5.92 Å². The first-order valence-electron chi connectivity index (χ1n) is 4.19. The van der Waals surface area contributed by atoms with Crippen LogP contribution in [-0.4, -0.2) is 4.98 Å². The first kappa shape index (κ1) is 8.58. The zero-order chi connectivity index (χ0) is 9.26. The molecule has 1 aromatic heterocycles. The number of anilines is 1. The highest BCUT2D eigenvalue weighted by Crippen LogP contribution is 2.27. The zero-order valence-corrected chi connectivity index (χ0v) is 8.63. The summed E-state index contributed by atoms with van der Waals surface area (Å²) in [6.45, 7) is 0. The van der Waals surface area contributed by atoms with Gasteiger partial charge in [-0.15, -0.1) is 0 Å². The van der Waals surface area contributed by atoms with Crippen molar-refractivity contribution in [2.45, 2.75) is 12.8 Å². The highest BCUT2D eigenvalue weighted by Gasteiger charge is 2.17. The van der Waals surface area contributed by atoms with Crippen molar-refractivity contribution in [3.05, 3.63) is 22.4 Å². The molecule has 1 aliphatic rings. The van der Waals surface area contributed by atoms with Gasteiger partial charge in [-0.25, -0.2) is 4.98 Å². The number of nitrogen functional groups attached to an aromatic ring is 1. The van der Waals surface area contributed by atoms with Crippen LogP contribution in [0.3, 0.4) is 0 Å². The molecule has 0 aromatic carbocycles. The van der Waals surface area contributed by atoms with Gasteiger partial charge in [0.15, 0.2) is 0 Å². The van der Waals surface area contributed by atoms with Crippen LogP contribution in [0.2, 0.25) is 0 Å². The second kappa shape index (κ2) is 3.39. The minimum Gasteiger partial charge on any atom is -0.396 e. The Kier molecular flexibility index (Phi) is 2.24. The fourth-order valence-electron chi connectivity index (χ4n) is 0.944. The molecule has 13 heavy (non-hydrogen) atoms. The van der Waals surface area contributed by atoms with E-state index in [1.165, 1.54) is 12.8 Å². The number of nitrogens with zero attached hydrogens (tertiary/aromatic N) is 1. The minimum atomic E-state index is 0.584. The maximum atomic E-state index is 5.71. The molecule has 1 aliphatic carbocycles. The summed E-state index contributed by atoms with van der Waals surface area (Å²) < 4.78 is 0.779. The maximum Gasteiger partial charge on any atom is 0.137 e. The Morgan fingerprint density at radius 2 is 2.23 bits per heavy atom. The molecule has 0 radical (unpaired) electrons. The van der Waals surface area contributed by atoms with E-state index in [2.05, 4.69) is 32.8 Å². The molecule has 2 N–H and O–H groups in total. The lowest BCUT2D eigenvalue weighted by atomic mass is 10.3. The highest BCUT2D eigenvalue weighted by atomic mass is 79.9. The van der Waals surface area contributed by atoms with Crippen molar-refractivity contribution in [3.63, 3.8) is 0 Å². The smallest absolute Gasteiger partial charge is 0.137 e. The van der Waals surface area contributed by atoms with Crippen LogP contribution in [0.25, 0.3) is 0 Å². The van der Waals surface area contributed by atoms with E-state index in [1.807, 2.05) is 12.1 Å². The summed E-state index contributed by atoms with van der Waals surface area (Å²) in [5.74, 6) is 6.71. The van der Waals surface area contributed by atoms with Gasteiger partial charge in [-0.05, 0) is 46.8 Å². The molecule has 1 saturated carbocycles. The average molecular weight is 237 g/mol. The minimum absolute atomic E-state index is 0.584. The fraction of sp³-hybridized carbons (Fsp3) is 0.300. The van der Waals surface area contributed by atoms with E-state index in [-0.39, 0.29) is 0 Å². The van der Waals surface area contributed by atoms with Crippen molar-refractivity contribution >= 4 is 21.6 Å². The second-order valence-corrected chi connectivity index (χ2v) is 3.93. The maximum absolute atomic E-state index is 5.71. The van der Waals surface area contributed by atoms with Gasteiger partial charge in [-0.1, -0.05) is 5.92 Å². The summed E-state index contributed by atoms with van der Waals surface area (Å²) in [5.41, 5.74) is 7.04. The Hall–Kier alpha value is -1.01. The fourth-order valence-corrected chi connectivity index (χ4v) is 1.25. The Morgan fingerprint density at radius 1 is 1.46 bits per heavy atom. The molecule has 0 atom stereocenters. The SMILES string of the molecule is Nc1ccc(Br)nc1C#CC1CC1. The number of nitrogens with two attached hydrogens (primary N) is 1. The van der Waals surface area contributed by atoms with Crippen LogP contribution < -0.4 is 5.73 Å². The molecule has 0 spiro atoms. The van der Waals surface area contributed by atoms with Gasteiger partial charge in [0.05, 0.1) is 5.69 Å². The van der Waals surface area contributed by atoms with Gasteiger partial charge in [0.2, 0.25) is 0 Å². The number of aromatic nitrogens is 1. The van der Waals surface area contributed by atoms with Crippen molar-refractivity contribution in [2.24, 2.45) is 5.92 Å². The quantitative estimate of drug-likeness (QED) is 0.554. The van der Waals surface area contributed by atoms with Gasteiger partial charge >= 0.3 is 0 Å². The summed E-state index contributed by atoms with van der Waals surface area (Å²) in [5, 5.41) is 0. The zero-order valence-electron chi connectivity index (χ0n) is 7.05. The van der Waals surface area contributed by atoms with Crippen LogP contribution in [0, 0.1) is 17.8 Å². The number of hydrogen-bond acceptors (Lipinski definition) is 2. The lowest BCUT2D eigenvalue weighted by Gasteiger charge is -1.96. The first-order valence-corrected chi connectivity index (χ1v) is 4.98. The Morgan fingerprint density at radius 3 is 2.92 bits per heavy atom. The van der Waals surface area contributed by atoms with Gasteiger partial charge in [-0.3, -0.25) is 0 Å². The van der Waals surface area contributed by atoms with E-state index in [0.29, 0.717) is 17.3 Å². The lowest BCUT2D eigenvalue weighted by molar-refractivity contribution is 1.17. The standard InChI is InChI=1S/C10H9BrN2/c11-10-6-4-8(12)9(13-10)5-3-7-1-2-7/h4,6-7H,1-2,12H2. The number of rotatable bonds is 0. The molecule has 2 rings (SSSR count). The number of halogens is 1. The third kappa shape index (κ3) is 2.22. The molecular weight excluding hydrogens is 228 g/mol. The summed E-state index contributed by atoms with van der Waals surface area (Å²) in [6.07, 6.45) is 2.45. The van der Waals surface area contributed by atoms with Crippen LogP contribution in [0.15, 0.2) is 16.7 Å². The van der Waals surface area contributed by atoms with E-state index in [9.17, 15) is 0 Å². The average Bonchev–Trinajstić information content (AvgIpc) is 2.90. The summed E-state index contributed by atoms with van der Waals surface area (Å²) in [6, 6.07) is 3.63. The van der Waals surface area contributed by atoms with Crippen molar-refractivity contribution < 1.29 is 0 Å². The van der Waals surface area contributed by atoms with E-state index in [1.54, 1.807) is 0 Å². The Balaban J connectivity index is 2.28. The van der Waals surface area contributed by atoms with E-state index in [4.69, 9.17) is 5.73 Å². The largest absolute Gasteiger partial charge is 0.396 e. The third-order valence-electron chi connectivity index (χ3n) is 1.86. The lowest BCUT2D eigenvalue weighted by Crippen LogP contribution is -1.93. The molecule has 0 unspecified atom stereocenters. The molecule has 1 heterocycles. The Labute approximate surface area is 85.7 Å². The van der Waals surface area contributed by atoms with Gasteiger partial charge in [-0.2, -0.15) is 0 Å². The van der Waals surface area contributed by atoms with Crippen molar-refractivity contribution in [2.75, 3.05) is 5.73 Å². The summed E-state index contributed by atoms with van der Waals surface area (Å²) in [7, 11) is 0. The predicted molar refractivity (Wildman–Crippen MR) is 56.0 cm³/mol. The third-order valence-corrected chi connectivity index (χ3v) is 2.31. The summed E-state index contributed by atoms with van der Waals surface area (Å²) >= 11 is 3.28. The van der Waals surface area contributed by atoms with Gasteiger partial charge in [0.1, 0.15) is 10.3 Å². The van der Waals surface area contributed by atoms with Crippen LogP contribution in [0.5, 0.6) is 0 Å². The molecule has 1 fully saturated rings. The molecule has 2 nitrogen and oxygen atoms in total. The Bertz CT molecular complexity index is 386. The molecule has 1 aromatic rings. The van der Waals surface area contributed by atoms with Crippen LogP contribution in [0.1, 0.15) is 18.5 Å².